The third-order valence-corrected chi connectivity index (χ3v) is 3.94. The smallest absolute Gasteiger partial charge is 0.535 e. The van der Waals surface area contributed by atoms with E-state index in [9.17, 15) is 4.39 Å². The molecule has 0 fully saturated rings. The van der Waals surface area contributed by atoms with Gasteiger partial charge in [0.2, 0.25) is 0 Å². The summed E-state index contributed by atoms with van der Waals surface area (Å²) in [5, 5.41) is 10.9. The number of rotatable bonds is 3. The topological polar surface area (TPSA) is 34.4 Å². The van der Waals surface area contributed by atoms with Crippen LogP contribution in [0, 0.1) is 5.82 Å². The average Bonchev–Trinajstić information content (AvgIpc) is 2.92. The largest absolute Gasteiger partial charge is 0.569 e. The molecule has 0 aliphatic carbocycles. The predicted octanol–water partition coefficient (Wildman–Crippen LogP) is 3.83. The number of para-hydroxylation sites is 2. The van der Waals surface area contributed by atoms with Gasteiger partial charge in [-0.05, 0) is 24.3 Å². The van der Waals surface area contributed by atoms with Crippen LogP contribution in [-0.2, 0) is 0 Å². The predicted molar refractivity (Wildman–Crippen MR) is 89.3 cm³/mol. The van der Waals surface area contributed by atoms with E-state index >= 15 is 0 Å². The first-order valence-electron chi connectivity index (χ1n) is 7.21. The zero-order valence-corrected chi connectivity index (χ0v) is 12.1. The molecule has 23 heavy (non-hydrogen) atoms. The van der Waals surface area contributed by atoms with Gasteiger partial charge in [-0.3, -0.25) is 0 Å². The lowest BCUT2D eigenvalue weighted by Crippen LogP contribution is -2.05. The summed E-state index contributed by atoms with van der Waals surface area (Å²) in [4.78, 5) is 0. The van der Waals surface area contributed by atoms with Gasteiger partial charge in [-0.25, -0.2) is 4.39 Å². The fourth-order valence-electron chi connectivity index (χ4n) is 3.00. The molecule has 1 N–H and O–H groups in total. The molecule has 0 aliphatic rings. The van der Waals surface area contributed by atoms with Gasteiger partial charge in [0.25, 0.3) is 0 Å². The molecule has 4 rings (SSSR count). The molecular formula is C18H12BFNO2. The molecular weight excluding hydrogens is 292 g/mol. The van der Waals surface area contributed by atoms with Crippen LogP contribution in [0.15, 0.2) is 66.7 Å². The van der Waals surface area contributed by atoms with Gasteiger partial charge in [0.15, 0.2) is 5.82 Å². The van der Waals surface area contributed by atoms with Crippen molar-refractivity contribution in [3.63, 3.8) is 0 Å². The van der Waals surface area contributed by atoms with Crippen LogP contribution in [0.4, 0.5) is 4.39 Å². The monoisotopic (exact) mass is 304 g/mol. The van der Waals surface area contributed by atoms with Gasteiger partial charge in [0.05, 0.1) is 16.7 Å². The Morgan fingerprint density at radius 2 is 1.43 bits per heavy atom. The van der Waals surface area contributed by atoms with Gasteiger partial charge < -0.3 is 14.2 Å². The number of aromatic nitrogens is 1. The van der Waals surface area contributed by atoms with E-state index in [4.69, 9.17) is 9.68 Å². The van der Waals surface area contributed by atoms with Gasteiger partial charge in [0.1, 0.15) is 5.75 Å². The van der Waals surface area contributed by atoms with E-state index in [1.165, 1.54) is 6.07 Å². The molecule has 0 unspecified atom stereocenters. The minimum atomic E-state index is -0.524. The summed E-state index contributed by atoms with van der Waals surface area (Å²) in [7, 11) is 0.480. The van der Waals surface area contributed by atoms with Gasteiger partial charge in [-0.15, -0.1) is 0 Å². The first kappa shape index (κ1) is 13.8. The number of hydrogen-bond acceptors (Lipinski definition) is 2. The Labute approximate surface area is 132 Å². The van der Waals surface area contributed by atoms with Crippen LogP contribution in [0.25, 0.3) is 27.5 Å². The number of halogens is 1. The highest BCUT2D eigenvalue weighted by molar-refractivity contribution is 6.17. The van der Waals surface area contributed by atoms with Crippen LogP contribution in [0.5, 0.6) is 5.75 Å². The molecule has 0 saturated carbocycles. The molecule has 5 heteroatoms. The Balaban J connectivity index is 2.11. The first-order valence-corrected chi connectivity index (χ1v) is 7.21. The Hall–Kier alpha value is -2.79. The van der Waals surface area contributed by atoms with Crippen molar-refractivity contribution in [1.29, 1.82) is 0 Å². The summed E-state index contributed by atoms with van der Waals surface area (Å²) < 4.78 is 21.5. The maximum absolute atomic E-state index is 14.8. The van der Waals surface area contributed by atoms with Crippen LogP contribution in [-0.4, -0.2) is 17.3 Å². The quantitative estimate of drug-likeness (QED) is 0.584. The number of hydrogen-bond donors (Lipinski definition) is 1. The number of nitrogens with zero attached hydrogens (tertiary/aromatic N) is 1. The Morgan fingerprint density at radius 1 is 0.826 bits per heavy atom. The van der Waals surface area contributed by atoms with E-state index in [0.717, 1.165) is 21.8 Å². The second kappa shape index (κ2) is 5.45. The molecule has 0 aliphatic heterocycles. The Kier molecular flexibility index (Phi) is 3.28. The van der Waals surface area contributed by atoms with E-state index in [0.29, 0.717) is 13.4 Å². The SMILES string of the molecule is O[B]Oc1cccc(-n2c3ccccc3c3ccccc32)c1F. The molecule has 0 atom stereocenters. The summed E-state index contributed by atoms with van der Waals surface area (Å²) in [6.07, 6.45) is 0. The molecule has 1 heterocycles. The summed E-state index contributed by atoms with van der Waals surface area (Å²) in [5.74, 6) is -0.545. The van der Waals surface area contributed by atoms with E-state index in [2.05, 4.69) is 0 Å². The van der Waals surface area contributed by atoms with E-state index in [1.54, 1.807) is 12.1 Å². The lowest BCUT2D eigenvalue weighted by atomic mass is 10.2. The van der Waals surface area contributed by atoms with Gasteiger partial charge in [0, 0.05) is 10.8 Å². The highest BCUT2D eigenvalue weighted by atomic mass is 19.1. The van der Waals surface area contributed by atoms with E-state index in [1.807, 2.05) is 53.1 Å². The third-order valence-electron chi connectivity index (χ3n) is 3.94. The molecule has 0 bridgehead atoms. The first-order chi connectivity index (χ1) is 11.3. The van der Waals surface area contributed by atoms with Crippen molar-refractivity contribution < 1.29 is 14.1 Å². The molecule has 111 valence electrons. The van der Waals surface area contributed by atoms with E-state index in [-0.39, 0.29) is 5.75 Å². The Bertz CT molecular complexity index is 959. The fraction of sp³-hybridized carbons (Fsp3) is 0. The molecule has 3 nitrogen and oxygen atoms in total. The fourth-order valence-corrected chi connectivity index (χ4v) is 3.00. The number of fused-ring (bicyclic) bond motifs is 3. The van der Waals surface area contributed by atoms with Crippen molar-refractivity contribution in [2.24, 2.45) is 0 Å². The van der Waals surface area contributed by atoms with Crippen molar-refractivity contribution in [3.8, 4) is 11.4 Å². The highest BCUT2D eigenvalue weighted by Gasteiger charge is 2.16. The molecule has 1 aromatic heterocycles. The standard InChI is InChI=1S/C18H12BFNO2/c20-18-16(10-5-11-17(18)23-19-22)21-14-8-3-1-6-12(14)13-7-2-4-9-15(13)21/h1-11,22H. The van der Waals surface area contributed by atoms with Crippen molar-refractivity contribution in [1.82, 2.24) is 4.57 Å². The zero-order chi connectivity index (χ0) is 15.8. The van der Waals surface area contributed by atoms with Crippen LogP contribution >= 0.6 is 0 Å². The lowest BCUT2D eigenvalue weighted by Gasteiger charge is -2.11. The maximum Gasteiger partial charge on any atom is 0.569 e. The molecule has 0 amide bonds. The van der Waals surface area contributed by atoms with Crippen molar-refractivity contribution in [2.75, 3.05) is 0 Å². The molecule has 0 spiro atoms. The molecule has 4 aromatic rings. The zero-order valence-electron chi connectivity index (χ0n) is 12.1. The number of benzene rings is 3. The lowest BCUT2D eigenvalue weighted by molar-refractivity contribution is 0.431. The Morgan fingerprint density at radius 3 is 2.04 bits per heavy atom. The van der Waals surface area contributed by atoms with Crippen LogP contribution in [0.2, 0.25) is 0 Å². The maximum atomic E-state index is 14.8. The normalized spacial score (nSPS) is 11.0. The summed E-state index contributed by atoms with van der Waals surface area (Å²) in [5.41, 5.74) is 2.21. The van der Waals surface area contributed by atoms with Crippen LogP contribution < -0.4 is 4.65 Å². The minimum absolute atomic E-state index is 0.0214. The van der Waals surface area contributed by atoms with E-state index < -0.39 is 5.82 Å². The van der Waals surface area contributed by atoms with Crippen molar-refractivity contribution >= 4 is 29.5 Å². The summed E-state index contributed by atoms with van der Waals surface area (Å²) >= 11 is 0. The van der Waals surface area contributed by atoms with Gasteiger partial charge in [-0.1, -0.05) is 42.5 Å². The van der Waals surface area contributed by atoms with Crippen molar-refractivity contribution in [2.45, 2.75) is 0 Å². The summed E-state index contributed by atoms with van der Waals surface area (Å²) in [6.45, 7) is 0. The minimum Gasteiger partial charge on any atom is -0.535 e. The average molecular weight is 304 g/mol. The van der Waals surface area contributed by atoms with Crippen LogP contribution in [0.1, 0.15) is 0 Å². The molecule has 0 saturated heterocycles. The second-order valence-electron chi connectivity index (χ2n) is 5.18. The highest BCUT2D eigenvalue weighted by Crippen LogP contribution is 2.34. The van der Waals surface area contributed by atoms with Crippen molar-refractivity contribution in [3.05, 3.63) is 72.5 Å². The third kappa shape index (κ3) is 2.09. The second-order valence-corrected chi connectivity index (χ2v) is 5.18. The van der Waals surface area contributed by atoms with Gasteiger partial charge >= 0.3 is 7.69 Å². The van der Waals surface area contributed by atoms with Gasteiger partial charge in [-0.2, -0.15) is 0 Å². The summed E-state index contributed by atoms with van der Waals surface area (Å²) in [6, 6.07) is 20.6. The molecule has 1 radical (unpaired) electrons. The van der Waals surface area contributed by atoms with Crippen LogP contribution in [0.3, 0.4) is 0 Å². The molecule has 3 aromatic carbocycles.